The lowest BCUT2D eigenvalue weighted by molar-refractivity contribution is 0.102. The summed E-state index contributed by atoms with van der Waals surface area (Å²) >= 11 is 0. The molecule has 0 saturated heterocycles. The average Bonchev–Trinajstić information content (AvgIpc) is 3.09. The summed E-state index contributed by atoms with van der Waals surface area (Å²) in [4.78, 5) is 21.0. The summed E-state index contributed by atoms with van der Waals surface area (Å²) in [6, 6.07) is 1.73. The number of anilines is 1. The molecule has 0 unspecified atom stereocenters. The molecule has 1 amide bonds. The molecule has 0 bridgehead atoms. The third-order valence-electron chi connectivity index (χ3n) is 4.05. The van der Waals surface area contributed by atoms with Gasteiger partial charge in [0.15, 0.2) is 11.5 Å². The Bertz CT molecular complexity index is 910. The number of aryl methyl sites for hydroxylation is 2. The maximum absolute atomic E-state index is 12.5. The van der Waals surface area contributed by atoms with Gasteiger partial charge in [0.2, 0.25) is 0 Å². The van der Waals surface area contributed by atoms with Gasteiger partial charge < -0.3 is 14.6 Å². The summed E-state index contributed by atoms with van der Waals surface area (Å²) in [6.07, 6.45) is 4.02. The molecule has 8 heteroatoms. The van der Waals surface area contributed by atoms with Gasteiger partial charge in [-0.1, -0.05) is 0 Å². The number of imidazole rings is 1. The Balaban J connectivity index is 1.64. The van der Waals surface area contributed by atoms with Gasteiger partial charge in [-0.2, -0.15) is 5.10 Å². The average molecular weight is 312 g/mol. The fraction of sp³-hybridized carbons (Fsp3) is 0.333. The molecule has 0 aromatic carbocycles. The van der Waals surface area contributed by atoms with Crippen molar-refractivity contribution < 1.29 is 9.53 Å². The number of fused-ring (bicyclic) bond motifs is 2. The Labute approximate surface area is 132 Å². The van der Waals surface area contributed by atoms with Crippen LogP contribution in [0, 0.1) is 0 Å². The lowest BCUT2D eigenvalue weighted by Gasteiger charge is -2.13. The van der Waals surface area contributed by atoms with E-state index in [0.717, 1.165) is 23.3 Å². The van der Waals surface area contributed by atoms with Gasteiger partial charge in [-0.15, -0.1) is 0 Å². The van der Waals surface area contributed by atoms with Crippen LogP contribution in [0.1, 0.15) is 21.6 Å². The Morgan fingerprint density at radius 1 is 1.35 bits per heavy atom. The van der Waals surface area contributed by atoms with E-state index in [2.05, 4.69) is 20.4 Å². The van der Waals surface area contributed by atoms with Crippen molar-refractivity contribution in [3.8, 4) is 0 Å². The zero-order valence-electron chi connectivity index (χ0n) is 12.9. The molecule has 0 aliphatic carbocycles. The first kappa shape index (κ1) is 13.9. The van der Waals surface area contributed by atoms with Gasteiger partial charge in [0, 0.05) is 38.0 Å². The number of aromatic nitrogens is 5. The smallest absolute Gasteiger partial charge is 0.258 e. The normalized spacial score (nSPS) is 14.0. The molecule has 1 aliphatic heterocycles. The minimum Gasteiger partial charge on any atom is -0.376 e. The van der Waals surface area contributed by atoms with Crippen LogP contribution < -0.4 is 5.32 Å². The molecule has 0 spiro atoms. The minimum atomic E-state index is -0.253. The summed E-state index contributed by atoms with van der Waals surface area (Å²) in [6.45, 7) is 1.15. The van der Waals surface area contributed by atoms with Crippen molar-refractivity contribution >= 4 is 22.9 Å². The molecule has 1 aliphatic rings. The van der Waals surface area contributed by atoms with Crippen molar-refractivity contribution in [3.05, 3.63) is 35.4 Å². The van der Waals surface area contributed by atoms with Crippen molar-refractivity contribution in [2.45, 2.75) is 13.0 Å². The van der Waals surface area contributed by atoms with Crippen LogP contribution in [0.3, 0.4) is 0 Å². The molecular weight excluding hydrogens is 296 g/mol. The third-order valence-corrected chi connectivity index (χ3v) is 4.05. The number of nitrogens with one attached hydrogen (secondary N) is 1. The summed E-state index contributed by atoms with van der Waals surface area (Å²) in [7, 11) is 3.74. The van der Waals surface area contributed by atoms with Crippen LogP contribution in [0.2, 0.25) is 0 Å². The summed E-state index contributed by atoms with van der Waals surface area (Å²) in [5, 5.41) is 7.24. The van der Waals surface area contributed by atoms with Gasteiger partial charge >= 0.3 is 0 Å². The highest BCUT2D eigenvalue weighted by atomic mass is 16.5. The molecule has 3 aromatic rings. The molecule has 8 nitrogen and oxygen atoms in total. The Morgan fingerprint density at radius 2 is 2.22 bits per heavy atom. The highest BCUT2D eigenvalue weighted by Gasteiger charge is 2.21. The topological polar surface area (TPSA) is 86.9 Å². The van der Waals surface area contributed by atoms with Crippen LogP contribution in [0.4, 0.5) is 5.82 Å². The number of rotatable bonds is 2. The van der Waals surface area contributed by atoms with Gasteiger partial charge in [-0.25, -0.2) is 9.97 Å². The van der Waals surface area contributed by atoms with E-state index < -0.39 is 0 Å². The van der Waals surface area contributed by atoms with E-state index in [-0.39, 0.29) is 5.91 Å². The molecule has 23 heavy (non-hydrogen) atoms. The van der Waals surface area contributed by atoms with Crippen molar-refractivity contribution in [3.63, 3.8) is 0 Å². The van der Waals surface area contributed by atoms with Gasteiger partial charge in [-0.05, 0) is 6.07 Å². The van der Waals surface area contributed by atoms with E-state index in [1.54, 1.807) is 23.3 Å². The SMILES string of the molecule is Cn1nc(NC(=O)c2cnc3c(c2)ncn3C)c2c1CCOC2. The first-order chi connectivity index (χ1) is 11.1. The number of hydrogen-bond donors (Lipinski definition) is 1. The minimum absolute atomic E-state index is 0.253. The van der Waals surface area contributed by atoms with Crippen molar-refractivity contribution in [1.82, 2.24) is 24.3 Å². The highest BCUT2D eigenvalue weighted by molar-refractivity contribution is 6.05. The van der Waals surface area contributed by atoms with Crippen LogP contribution >= 0.6 is 0 Å². The monoisotopic (exact) mass is 312 g/mol. The maximum atomic E-state index is 12.5. The van der Waals surface area contributed by atoms with E-state index in [1.165, 1.54) is 0 Å². The molecule has 0 saturated carbocycles. The zero-order chi connectivity index (χ0) is 16.0. The van der Waals surface area contributed by atoms with Gasteiger partial charge in [0.05, 0.1) is 25.1 Å². The van der Waals surface area contributed by atoms with Crippen LogP contribution in [-0.4, -0.2) is 36.8 Å². The standard InChI is InChI=1S/C15H16N6O2/c1-20-8-17-11-5-9(6-16-14(11)20)15(22)18-13-10-7-23-4-3-12(10)21(2)19-13/h5-6,8H,3-4,7H2,1-2H3,(H,18,19,22). The Kier molecular flexibility index (Phi) is 3.12. The number of ether oxygens (including phenoxy) is 1. The molecule has 0 radical (unpaired) electrons. The van der Waals surface area contributed by atoms with E-state index >= 15 is 0 Å². The molecule has 1 N–H and O–H groups in total. The molecule has 4 heterocycles. The number of nitrogens with zero attached hydrogens (tertiary/aromatic N) is 5. The van der Waals surface area contributed by atoms with Crippen LogP contribution in [0.25, 0.3) is 11.2 Å². The van der Waals surface area contributed by atoms with Gasteiger partial charge in [-0.3, -0.25) is 9.48 Å². The molecule has 118 valence electrons. The fourth-order valence-corrected chi connectivity index (χ4v) is 2.83. The molecule has 0 fully saturated rings. The molecule has 4 rings (SSSR count). The first-order valence-corrected chi connectivity index (χ1v) is 7.34. The highest BCUT2D eigenvalue weighted by Crippen LogP contribution is 2.24. The summed E-state index contributed by atoms with van der Waals surface area (Å²) < 4.78 is 9.08. The maximum Gasteiger partial charge on any atom is 0.258 e. The Morgan fingerprint density at radius 3 is 3.09 bits per heavy atom. The Hall–Kier alpha value is -2.74. The van der Waals surface area contributed by atoms with Crippen molar-refractivity contribution in [2.75, 3.05) is 11.9 Å². The van der Waals surface area contributed by atoms with Gasteiger partial charge in [0.1, 0.15) is 5.52 Å². The second-order valence-corrected chi connectivity index (χ2v) is 5.58. The summed E-state index contributed by atoms with van der Waals surface area (Å²) in [5.74, 6) is 0.296. The first-order valence-electron chi connectivity index (χ1n) is 7.34. The van der Waals surface area contributed by atoms with Gasteiger partial charge in [0.25, 0.3) is 5.91 Å². The third kappa shape index (κ3) is 2.27. The number of hydrogen-bond acceptors (Lipinski definition) is 5. The summed E-state index contributed by atoms with van der Waals surface area (Å²) in [5.41, 5.74) is 3.92. The van der Waals surface area contributed by atoms with E-state index in [1.807, 2.05) is 18.7 Å². The number of carbonyl (C=O) groups is 1. The lowest BCUT2D eigenvalue weighted by Crippen LogP contribution is -2.16. The van der Waals surface area contributed by atoms with Crippen LogP contribution in [0.15, 0.2) is 18.6 Å². The number of amides is 1. The van der Waals surface area contributed by atoms with Crippen LogP contribution in [0.5, 0.6) is 0 Å². The van der Waals surface area contributed by atoms with Crippen molar-refractivity contribution in [1.29, 1.82) is 0 Å². The van der Waals surface area contributed by atoms with Crippen molar-refractivity contribution in [2.24, 2.45) is 14.1 Å². The zero-order valence-corrected chi connectivity index (χ0v) is 12.9. The van der Waals surface area contributed by atoms with E-state index in [4.69, 9.17) is 4.74 Å². The molecular formula is C15H16N6O2. The van der Waals surface area contributed by atoms with E-state index in [9.17, 15) is 4.79 Å². The molecule has 0 atom stereocenters. The second kappa shape index (κ2) is 5.17. The number of carbonyl (C=O) groups excluding carboxylic acids is 1. The quantitative estimate of drug-likeness (QED) is 0.763. The van der Waals surface area contributed by atoms with E-state index in [0.29, 0.717) is 30.1 Å². The lowest BCUT2D eigenvalue weighted by atomic mass is 10.1. The second-order valence-electron chi connectivity index (χ2n) is 5.58. The van der Waals surface area contributed by atoms with Crippen LogP contribution in [-0.2, 0) is 31.9 Å². The fourth-order valence-electron chi connectivity index (χ4n) is 2.83. The number of pyridine rings is 1. The largest absolute Gasteiger partial charge is 0.376 e. The molecule has 3 aromatic heterocycles. The predicted molar refractivity (Wildman–Crippen MR) is 83.0 cm³/mol. The predicted octanol–water partition coefficient (Wildman–Crippen LogP) is 1.03.